The van der Waals surface area contributed by atoms with Gasteiger partial charge in [-0.3, -0.25) is 9.59 Å². The Morgan fingerprint density at radius 2 is 1.71 bits per heavy atom. The minimum atomic E-state index is -0.201. The number of rotatable bonds is 5. The van der Waals surface area contributed by atoms with Crippen LogP contribution in [0.5, 0.6) is 0 Å². The number of hydrogen-bond donors (Lipinski definition) is 1. The Morgan fingerprint density at radius 3 is 2.36 bits per heavy atom. The standard InChI is InChI=1S/C24H27N2O2/c1-2-17-8-10-18(11-9-17)20-14-21(16-26(15-20)24(28)19-12-13-19)23(27)25-22-6-4-3-5-7-22/h3-11,20-21H,2,12-16H2,1H3,(H,25,27). The van der Waals surface area contributed by atoms with E-state index in [0.29, 0.717) is 13.1 Å². The SMILES string of the molecule is CCc1ccc(C2CC(C(=O)Nc3ccccc3)CN(C(=O)[C]3CC3)C2)cc1. The summed E-state index contributed by atoms with van der Waals surface area (Å²) < 4.78 is 0. The highest BCUT2D eigenvalue weighted by Gasteiger charge is 2.40. The number of piperidine rings is 1. The Morgan fingerprint density at radius 1 is 1.00 bits per heavy atom. The van der Waals surface area contributed by atoms with Gasteiger partial charge in [-0.05, 0) is 48.9 Å². The van der Waals surface area contributed by atoms with Gasteiger partial charge in [-0.25, -0.2) is 0 Å². The number of anilines is 1. The maximum Gasteiger partial charge on any atom is 0.229 e. The van der Waals surface area contributed by atoms with Crippen LogP contribution in [0.15, 0.2) is 54.6 Å². The van der Waals surface area contributed by atoms with Crippen LogP contribution in [0.3, 0.4) is 0 Å². The van der Waals surface area contributed by atoms with Crippen LogP contribution in [0.25, 0.3) is 0 Å². The summed E-state index contributed by atoms with van der Waals surface area (Å²) in [7, 11) is 0. The van der Waals surface area contributed by atoms with E-state index in [9.17, 15) is 9.59 Å². The van der Waals surface area contributed by atoms with Crippen molar-refractivity contribution in [2.45, 2.75) is 38.5 Å². The molecular weight excluding hydrogens is 348 g/mol. The lowest BCUT2D eigenvalue weighted by molar-refractivity contribution is -0.132. The maximum atomic E-state index is 12.9. The molecule has 145 valence electrons. The van der Waals surface area contributed by atoms with E-state index in [1.807, 2.05) is 35.2 Å². The number of hydrogen-bond acceptors (Lipinski definition) is 2. The van der Waals surface area contributed by atoms with Gasteiger partial charge in [0.1, 0.15) is 0 Å². The van der Waals surface area contributed by atoms with E-state index < -0.39 is 0 Å². The Hall–Kier alpha value is -2.62. The molecule has 2 aromatic carbocycles. The first kappa shape index (κ1) is 18.7. The zero-order chi connectivity index (χ0) is 19.5. The summed E-state index contributed by atoms with van der Waals surface area (Å²) in [6.07, 6.45) is 3.59. The van der Waals surface area contributed by atoms with Crippen molar-refractivity contribution in [2.24, 2.45) is 5.92 Å². The van der Waals surface area contributed by atoms with Crippen LogP contribution in [0.1, 0.15) is 43.2 Å². The Balaban J connectivity index is 1.52. The molecule has 2 fully saturated rings. The average Bonchev–Trinajstić information content (AvgIpc) is 3.59. The minimum absolute atomic E-state index is 0.000301. The summed E-state index contributed by atoms with van der Waals surface area (Å²) in [5.74, 6) is 1.14. The fourth-order valence-corrected chi connectivity index (χ4v) is 3.99. The molecule has 1 aliphatic heterocycles. The maximum absolute atomic E-state index is 12.9. The quantitative estimate of drug-likeness (QED) is 0.852. The van der Waals surface area contributed by atoms with Gasteiger partial charge in [-0.15, -0.1) is 0 Å². The van der Waals surface area contributed by atoms with Crippen LogP contribution in [0.2, 0.25) is 0 Å². The second-order valence-electron chi connectivity index (χ2n) is 7.89. The smallest absolute Gasteiger partial charge is 0.229 e. The van der Waals surface area contributed by atoms with Crippen molar-refractivity contribution >= 4 is 17.5 Å². The summed E-state index contributed by atoms with van der Waals surface area (Å²) >= 11 is 0. The van der Waals surface area contributed by atoms with Crippen molar-refractivity contribution in [3.8, 4) is 0 Å². The minimum Gasteiger partial charge on any atom is -0.341 e. The van der Waals surface area contributed by atoms with Crippen LogP contribution in [-0.2, 0) is 16.0 Å². The molecule has 0 bridgehead atoms. The first-order valence-electron chi connectivity index (χ1n) is 10.2. The second-order valence-corrected chi connectivity index (χ2v) is 7.89. The van der Waals surface area contributed by atoms with Gasteiger partial charge in [0.25, 0.3) is 0 Å². The third-order valence-corrected chi connectivity index (χ3v) is 5.81. The fourth-order valence-electron chi connectivity index (χ4n) is 3.99. The molecule has 2 atom stereocenters. The predicted molar refractivity (Wildman–Crippen MR) is 111 cm³/mol. The number of amides is 2. The number of carbonyl (C=O) groups excluding carboxylic acids is 2. The fraction of sp³-hybridized carbons (Fsp3) is 0.375. The van der Waals surface area contributed by atoms with E-state index in [-0.39, 0.29) is 23.7 Å². The molecule has 4 rings (SSSR count). The van der Waals surface area contributed by atoms with Crippen LogP contribution < -0.4 is 5.32 Å². The highest BCUT2D eigenvalue weighted by Crippen LogP contribution is 2.38. The van der Waals surface area contributed by atoms with E-state index in [0.717, 1.165) is 37.3 Å². The summed E-state index contributed by atoms with van der Waals surface area (Å²) in [6, 6.07) is 18.2. The normalized spacial score (nSPS) is 22.0. The molecular formula is C24H27N2O2. The lowest BCUT2D eigenvalue weighted by Crippen LogP contribution is -2.47. The molecule has 2 aromatic rings. The van der Waals surface area contributed by atoms with Crippen LogP contribution in [0, 0.1) is 11.8 Å². The second kappa shape index (κ2) is 8.17. The molecule has 0 aromatic heterocycles. The monoisotopic (exact) mass is 375 g/mol. The number of benzene rings is 2. The van der Waals surface area contributed by atoms with Gasteiger partial charge in [0.2, 0.25) is 11.8 Å². The number of likely N-dealkylation sites (tertiary alicyclic amines) is 1. The highest BCUT2D eigenvalue weighted by molar-refractivity contribution is 5.95. The highest BCUT2D eigenvalue weighted by atomic mass is 16.2. The van der Waals surface area contributed by atoms with Crippen molar-refractivity contribution in [1.82, 2.24) is 4.90 Å². The van der Waals surface area contributed by atoms with E-state index in [2.05, 4.69) is 36.5 Å². The Kier molecular flexibility index (Phi) is 5.47. The largest absolute Gasteiger partial charge is 0.341 e. The van der Waals surface area contributed by atoms with Gasteiger partial charge < -0.3 is 10.2 Å². The third kappa shape index (κ3) is 4.27. The molecule has 2 amide bonds. The molecule has 4 nitrogen and oxygen atoms in total. The molecule has 0 spiro atoms. The van der Waals surface area contributed by atoms with Crippen molar-refractivity contribution in [3.63, 3.8) is 0 Å². The van der Waals surface area contributed by atoms with Crippen LogP contribution >= 0.6 is 0 Å². The first-order valence-corrected chi connectivity index (χ1v) is 10.2. The molecule has 1 saturated heterocycles. The zero-order valence-corrected chi connectivity index (χ0v) is 16.4. The summed E-state index contributed by atoms with van der Waals surface area (Å²) in [5, 5.41) is 3.02. The number of aryl methyl sites for hydroxylation is 1. The van der Waals surface area contributed by atoms with Gasteiger partial charge in [0.15, 0.2) is 0 Å². The summed E-state index contributed by atoms with van der Waals surface area (Å²) in [4.78, 5) is 27.6. The van der Waals surface area contributed by atoms with Gasteiger partial charge in [0.05, 0.1) is 11.8 Å². The van der Waals surface area contributed by atoms with E-state index >= 15 is 0 Å². The molecule has 28 heavy (non-hydrogen) atoms. The number of carbonyl (C=O) groups is 2. The summed E-state index contributed by atoms with van der Waals surface area (Å²) in [5.41, 5.74) is 3.32. The lowest BCUT2D eigenvalue weighted by Gasteiger charge is -2.37. The lowest BCUT2D eigenvalue weighted by atomic mass is 9.83. The van der Waals surface area contributed by atoms with E-state index in [1.165, 1.54) is 11.1 Å². The molecule has 1 N–H and O–H groups in total. The molecule has 4 heteroatoms. The first-order chi connectivity index (χ1) is 13.6. The molecule has 1 aliphatic carbocycles. The van der Waals surface area contributed by atoms with Crippen molar-refractivity contribution < 1.29 is 9.59 Å². The Labute approximate surface area is 166 Å². The number of para-hydroxylation sites is 1. The van der Waals surface area contributed by atoms with E-state index in [4.69, 9.17) is 0 Å². The zero-order valence-electron chi connectivity index (χ0n) is 16.4. The molecule has 2 aliphatic rings. The van der Waals surface area contributed by atoms with Crippen LogP contribution in [0.4, 0.5) is 5.69 Å². The van der Waals surface area contributed by atoms with E-state index in [1.54, 1.807) is 0 Å². The Bertz CT molecular complexity index is 827. The number of nitrogens with zero attached hydrogens (tertiary/aromatic N) is 1. The van der Waals surface area contributed by atoms with Gasteiger partial charge in [-0.1, -0.05) is 49.4 Å². The van der Waals surface area contributed by atoms with Crippen molar-refractivity contribution in [1.29, 1.82) is 0 Å². The third-order valence-electron chi connectivity index (χ3n) is 5.81. The van der Waals surface area contributed by atoms with Gasteiger partial charge >= 0.3 is 0 Å². The van der Waals surface area contributed by atoms with Gasteiger partial charge in [0, 0.05) is 24.7 Å². The number of nitrogens with one attached hydrogen (secondary N) is 1. The van der Waals surface area contributed by atoms with Crippen molar-refractivity contribution in [2.75, 3.05) is 18.4 Å². The average molecular weight is 375 g/mol. The van der Waals surface area contributed by atoms with Gasteiger partial charge in [-0.2, -0.15) is 0 Å². The summed E-state index contributed by atoms with van der Waals surface area (Å²) in [6.45, 7) is 3.35. The molecule has 1 saturated carbocycles. The van der Waals surface area contributed by atoms with Crippen LogP contribution in [-0.4, -0.2) is 29.8 Å². The predicted octanol–water partition coefficient (Wildman–Crippen LogP) is 4.19. The molecule has 1 radical (unpaired) electrons. The topological polar surface area (TPSA) is 49.4 Å². The molecule has 1 heterocycles. The van der Waals surface area contributed by atoms with Crippen molar-refractivity contribution in [3.05, 3.63) is 71.6 Å². The molecule has 2 unspecified atom stereocenters.